The zero-order chi connectivity index (χ0) is 15.6. The molecule has 2 aromatic rings. The maximum absolute atomic E-state index is 6.24. The second-order valence-electron chi connectivity index (χ2n) is 5.12. The summed E-state index contributed by atoms with van der Waals surface area (Å²) in [4.78, 5) is 8.89. The second kappa shape index (κ2) is 6.95. The van der Waals surface area contributed by atoms with E-state index < -0.39 is 0 Å². The molecule has 0 amide bonds. The van der Waals surface area contributed by atoms with Crippen LogP contribution in [0.5, 0.6) is 0 Å². The number of rotatable bonds is 4. The first-order valence-electron chi connectivity index (χ1n) is 6.62. The molecule has 2 rings (SSSR count). The summed E-state index contributed by atoms with van der Waals surface area (Å²) in [6, 6.07) is 7.35. The van der Waals surface area contributed by atoms with E-state index in [2.05, 4.69) is 45.1 Å². The summed E-state index contributed by atoms with van der Waals surface area (Å²) >= 11 is 15.6. The molecule has 6 heteroatoms. The summed E-state index contributed by atoms with van der Waals surface area (Å²) in [5.74, 6) is 1.82. The third-order valence-corrected chi connectivity index (χ3v) is 3.99. The van der Waals surface area contributed by atoms with Gasteiger partial charge in [-0.05, 0) is 40.5 Å². The highest BCUT2D eigenvalue weighted by Crippen LogP contribution is 2.28. The lowest BCUT2D eigenvalue weighted by atomic mass is 10.1. The monoisotopic (exact) mass is 387 g/mol. The van der Waals surface area contributed by atoms with Crippen LogP contribution in [0.3, 0.4) is 0 Å². The van der Waals surface area contributed by atoms with Gasteiger partial charge in [0.05, 0.1) is 6.04 Å². The van der Waals surface area contributed by atoms with Crippen molar-refractivity contribution in [2.24, 2.45) is 0 Å². The Hall–Kier alpha value is -0.840. The summed E-state index contributed by atoms with van der Waals surface area (Å²) in [6.07, 6.45) is 0. The predicted molar refractivity (Wildman–Crippen MR) is 92.3 cm³/mol. The SMILES string of the molecule is CC(C)c1nc(Br)cc(NC(C)c2ccc(Cl)cc2Cl)n1. The topological polar surface area (TPSA) is 37.8 Å². The Labute approximate surface area is 143 Å². The minimum absolute atomic E-state index is 0.0107. The van der Waals surface area contributed by atoms with Gasteiger partial charge < -0.3 is 5.32 Å². The largest absolute Gasteiger partial charge is 0.363 e. The molecule has 1 aromatic heterocycles. The number of halogens is 3. The van der Waals surface area contributed by atoms with E-state index in [0.29, 0.717) is 10.0 Å². The quantitative estimate of drug-likeness (QED) is 0.668. The van der Waals surface area contributed by atoms with Crippen LogP contribution in [0, 0.1) is 0 Å². The minimum Gasteiger partial charge on any atom is -0.363 e. The fourth-order valence-corrected chi connectivity index (χ4v) is 2.89. The third-order valence-electron chi connectivity index (χ3n) is 3.02. The Morgan fingerprint density at radius 1 is 1.10 bits per heavy atom. The maximum atomic E-state index is 6.24. The van der Waals surface area contributed by atoms with Crippen LogP contribution in [-0.4, -0.2) is 9.97 Å². The lowest BCUT2D eigenvalue weighted by molar-refractivity contribution is 0.763. The standard InChI is InChI=1S/C15H16BrCl2N3/c1-8(2)15-20-13(16)7-14(21-15)19-9(3)11-5-4-10(17)6-12(11)18/h4-9H,1-3H3,(H,19,20,21). The molecule has 0 aliphatic carbocycles. The van der Waals surface area contributed by atoms with Crippen LogP contribution in [0.1, 0.15) is 44.1 Å². The van der Waals surface area contributed by atoms with Gasteiger partial charge >= 0.3 is 0 Å². The highest BCUT2D eigenvalue weighted by Gasteiger charge is 2.13. The number of hydrogen-bond donors (Lipinski definition) is 1. The lowest BCUT2D eigenvalue weighted by Gasteiger charge is -2.17. The van der Waals surface area contributed by atoms with Crippen LogP contribution in [0.2, 0.25) is 10.0 Å². The molecule has 0 aliphatic heterocycles. The molecule has 0 bridgehead atoms. The van der Waals surface area contributed by atoms with Crippen molar-refractivity contribution in [1.29, 1.82) is 0 Å². The number of benzene rings is 1. The highest BCUT2D eigenvalue weighted by molar-refractivity contribution is 9.10. The Balaban J connectivity index is 2.25. The Kier molecular flexibility index (Phi) is 5.47. The molecular formula is C15H16BrCl2N3. The Bertz CT molecular complexity index is 647. The molecule has 3 nitrogen and oxygen atoms in total. The van der Waals surface area contributed by atoms with Gasteiger partial charge in [-0.25, -0.2) is 9.97 Å². The second-order valence-corrected chi connectivity index (χ2v) is 6.78. The first-order valence-corrected chi connectivity index (χ1v) is 8.17. The van der Waals surface area contributed by atoms with Crippen LogP contribution >= 0.6 is 39.1 Å². The van der Waals surface area contributed by atoms with Gasteiger partial charge in [-0.15, -0.1) is 0 Å². The fourth-order valence-electron chi connectivity index (χ4n) is 1.92. The van der Waals surface area contributed by atoms with Gasteiger partial charge in [0.15, 0.2) is 0 Å². The first kappa shape index (κ1) is 16.5. The minimum atomic E-state index is 0.0107. The average molecular weight is 389 g/mol. The van der Waals surface area contributed by atoms with Gasteiger partial charge in [0.1, 0.15) is 16.2 Å². The summed E-state index contributed by atoms with van der Waals surface area (Å²) in [6.45, 7) is 6.15. The molecule has 112 valence electrons. The van der Waals surface area contributed by atoms with Crippen molar-refractivity contribution in [2.75, 3.05) is 5.32 Å². The summed E-state index contributed by atoms with van der Waals surface area (Å²) < 4.78 is 0.762. The zero-order valence-electron chi connectivity index (χ0n) is 12.0. The molecule has 1 atom stereocenters. The molecule has 0 fully saturated rings. The van der Waals surface area contributed by atoms with Crippen LogP contribution in [0.25, 0.3) is 0 Å². The highest BCUT2D eigenvalue weighted by atomic mass is 79.9. The van der Waals surface area contributed by atoms with E-state index in [4.69, 9.17) is 23.2 Å². The van der Waals surface area contributed by atoms with Crippen LogP contribution in [-0.2, 0) is 0 Å². The first-order chi connectivity index (χ1) is 9.86. The van der Waals surface area contributed by atoms with Crippen molar-refractivity contribution >= 4 is 44.9 Å². The van der Waals surface area contributed by atoms with Gasteiger partial charge in [-0.3, -0.25) is 0 Å². The van der Waals surface area contributed by atoms with Gasteiger partial charge in [-0.2, -0.15) is 0 Å². The molecule has 0 radical (unpaired) electrons. The number of aromatic nitrogens is 2. The van der Waals surface area contributed by atoms with E-state index in [-0.39, 0.29) is 12.0 Å². The molecule has 0 saturated carbocycles. The van der Waals surface area contributed by atoms with Crippen molar-refractivity contribution in [3.63, 3.8) is 0 Å². The van der Waals surface area contributed by atoms with Gasteiger partial charge in [-0.1, -0.05) is 43.1 Å². The third kappa shape index (κ3) is 4.31. The van der Waals surface area contributed by atoms with Crippen molar-refractivity contribution < 1.29 is 0 Å². The number of hydrogen-bond acceptors (Lipinski definition) is 3. The smallest absolute Gasteiger partial charge is 0.134 e. The van der Waals surface area contributed by atoms with Crippen molar-refractivity contribution in [3.05, 3.63) is 50.3 Å². The molecule has 0 saturated heterocycles. The Morgan fingerprint density at radius 2 is 1.81 bits per heavy atom. The fraction of sp³-hybridized carbons (Fsp3) is 0.333. The summed E-state index contributed by atoms with van der Waals surface area (Å²) in [5, 5.41) is 4.61. The normalized spacial score (nSPS) is 12.5. The van der Waals surface area contributed by atoms with Gasteiger partial charge in [0, 0.05) is 22.0 Å². The molecule has 1 heterocycles. The summed E-state index contributed by atoms with van der Waals surface area (Å²) in [5.41, 5.74) is 0.974. The van der Waals surface area contributed by atoms with Crippen LogP contribution in [0.15, 0.2) is 28.9 Å². The van der Waals surface area contributed by atoms with Gasteiger partial charge in [0.2, 0.25) is 0 Å². The number of nitrogens with zero attached hydrogens (tertiary/aromatic N) is 2. The van der Waals surface area contributed by atoms with Crippen LogP contribution in [0.4, 0.5) is 5.82 Å². The van der Waals surface area contributed by atoms with Crippen LogP contribution < -0.4 is 5.32 Å². The number of anilines is 1. The van der Waals surface area contributed by atoms with E-state index >= 15 is 0 Å². The predicted octanol–water partition coefficient (Wildman–Crippen LogP) is 5.84. The zero-order valence-corrected chi connectivity index (χ0v) is 15.1. The number of nitrogens with one attached hydrogen (secondary N) is 1. The van der Waals surface area contributed by atoms with E-state index in [0.717, 1.165) is 21.8 Å². The molecule has 0 aliphatic rings. The van der Waals surface area contributed by atoms with Gasteiger partial charge in [0.25, 0.3) is 0 Å². The van der Waals surface area contributed by atoms with E-state index in [1.54, 1.807) is 6.07 Å². The average Bonchev–Trinajstić information content (AvgIpc) is 2.37. The van der Waals surface area contributed by atoms with Crippen molar-refractivity contribution in [3.8, 4) is 0 Å². The van der Waals surface area contributed by atoms with E-state index in [1.165, 1.54) is 0 Å². The molecule has 1 N–H and O–H groups in total. The lowest BCUT2D eigenvalue weighted by Crippen LogP contribution is -2.10. The molecule has 1 unspecified atom stereocenters. The maximum Gasteiger partial charge on any atom is 0.134 e. The molecule has 0 spiro atoms. The van der Waals surface area contributed by atoms with Crippen molar-refractivity contribution in [1.82, 2.24) is 9.97 Å². The Morgan fingerprint density at radius 3 is 2.43 bits per heavy atom. The van der Waals surface area contributed by atoms with E-state index in [9.17, 15) is 0 Å². The molecule has 21 heavy (non-hydrogen) atoms. The molecular weight excluding hydrogens is 373 g/mol. The van der Waals surface area contributed by atoms with Crippen molar-refractivity contribution in [2.45, 2.75) is 32.7 Å². The van der Waals surface area contributed by atoms with E-state index in [1.807, 2.05) is 25.1 Å². The summed E-state index contributed by atoms with van der Waals surface area (Å²) in [7, 11) is 0. The molecule has 1 aromatic carbocycles.